The van der Waals surface area contributed by atoms with Gasteiger partial charge in [0.2, 0.25) is 0 Å². The molecule has 9 nitrogen and oxygen atoms in total. The summed E-state index contributed by atoms with van der Waals surface area (Å²) >= 11 is 0. The maximum absolute atomic E-state index is 13.4. The molecule has 0 bridgehead atoms. The lowest BCUT2D eigenvalue weighted by Gasteiger charge is -2.40. The number of benzene rings is 2. The van der Waals surface area contributed by atoms with Gasteiger partial charge in [0.1, 0.15) is 23.4 Å². The molecule has 1 aromatic heterocycles. The SMILES string of the molecule is COc1ccc([C@@H](c2nnnn2C[C@H]2CCCO2)N2CCN(c3ccc(F)cc3)CC2)c(OC)c1. The number of ether oxygens (including phenoxy) is 3. The van der Waals surface area contributed by atoms with Crippen LogP contribution in [0, 0.1) is 5.82 Å². The summed E-state index contributed by atoms with van der Waals surface area (Å²) in [5.41, 5.74) is 2.00. The standard InChI is InChI=1S/C25H31FN6O3/c1-33-20-9-10-22(23(16-20)34-2)24(25-27-28-29-32(25)17-21-4-3-15-35-21)31-13-11-30(12-14-31)19-7-5-18(26)6-8-19/h5-10,16,21,24H,3-4,11-15,17H2,1-2H3/t21-,24+/m1/s1. The van der Waals surface area contributed by atoms with E-state index in [0.717, 1.165) is 74.2 Å². The maximum atomic E-state index is 13.4. The average molecular weight is 483 g/mol. The first-order chi connectivity index (χ1) is 17.2. The van der Waals surface area contributed by atoms with Gasteiger partial charge in [-0.1, -0.05) is 0 Å². The molecule has 0 aliphatic carbocycles. The second-order valence-electron chi connectivity index (χ2n) is 8.86. The van der Waals surface area contributed by atoms with E-state index in [-0.39, 0.29) is 18.0 Å². The second kappa shape index (κ2) is 10.6. The van der Waals surface area contributed by atoms with Gasteiger partial charge in [-0.2, -0.15) is 0 Å². The molecule has 2 saturated heterocycles. The first-order valence-corrected chi connectivity index (χ1v) is 12.0. The van der Waals surface area contributed by atoms with Gasteiger partial charge >= 0.3 is 0 Å². The number of methoxy groups -OCH3 is 2. The summed E-state index contributed by atoms with van der Waals surface area (Å²) in [6, 6.07) is 12.3. The van der Waals surface area contributed by atoms with E-state index in [4.69, 9.17) is 14.2 Å². The molecule has 2 atom stereocenters. The topological polar surface area (TPSA) is 77.8 Å². The Balaban J connectivity index is 1.45. The highest BCUT2D eigenvalue weighted by Crippen LogP contribution is 2.37. The van der Waals surface area contributed by atoms with Crippen molar-refractivity contribution in [2.45, 2.75) is 31.5 Å². The van der Waals surface area contributed by atoms with Crippen LogP contribution in [0.2, 0.25) is 0 Å². The number of halogens is 1. The van der Waals surface area contributed by atoms with Gasteiger partial charge < -0.3 is 19.1 Å². The van der Waals surface area contributed by atoms with E-state index >= 15 is 0 Å². The van der Waals surface area contributed by atoms with Crippen molar-refractivity contribution in [1.29, 1.82) is 0 Å². The van der Waals surface area contributed by atoms with Crippen molar-refractivity contribution < 1.29 is 18.6 Å². The van der Waals surface area contributed by atoms with Gasteiger partial charge in [-0.3, -0.25) is 4.90 Å². The highest BCUT2D eigenvalue weighted by atomic mass is 19.1. The molecule has 5 rings (SSSR count). The summed E-state index contributed by atoms with van der Waals surface area (Å²) in [5.74, 6) is 1.99. The van der Waals surface area contributed by atoms with E-state index in [1.807, 2.05) is 35.0 Å². The van der Waals surface area contributed by atoms with E-state index in [2.05, 4.69) is 25.3 Å². The predicted octanol–water partition coefficient (Wildman–Crippen LogP) is 2.92. The fourth-order valence-corrected chi connectivity index (χ4v) is 4.95. The van der Waals surface area contributed by atoms with E-state index in [9.17, 15) is 4.39 Å². The maximum Gasteiger partial charge on any atom is 0.173 e. The number of hydrogen-bond donors (Lipinski definition) is 0. The van der Waals surface area contributed by atoms with Gasteiger partial charge in [-0.15, -0.1) is 5.10 Å². The molecule has 2 aliphatic heterocycles. The van der Waals surface area contributed by atoms with Crippen molar-refractivity contribution in [3.05, 3.63) is 59.7 Å². The molecule has 0 N–H and O–H groups in total. The normalized spacial score (nSPS) is 19.6. The molecule has 2 aliphatic rings. The number of aromatic nitrogens is 4. The third kappa shape index (κ3) is 5.08. The molecule has 0 radical (unpaired) electrons. The van der Waals surface area contributed by atoms with Gasteiger partial charge in [0.05, 0.1) is 26.9 Å². The summed E-state index contributed by atoms with van der Waals surface area (Å²) < 4.78 is 32.3. The minimum atomic E-state index is -0.225. The lowest BCUT2D eigenvalue weighted by atomic mass is 10.0. The fraction of sp³-hybridized carbons (Fsp3) is 0.480. The number of anilines is 1. The third-order valence-corrected chi connectivity index (χ3v) is 6.81. The van der Waals surface area contributed by atoms with Crippen molar-refractivity contribution in [2.24, 2.45) is 0 Å². The number of nitrogens with zero attached hydrogens (tertiary/aromatic N) is 6. The van der Waals surface area contributed by atoms with E-state index in [1.54, 1.807) is 14.2 Å². The number of hydrogen-bond acceptors (Lipinski definition) is 8. The average Bonchev–Trinajstić information content (AvgIpc) is 3.58. The summed E-state index contributed by atoms with van der Waals surface area (Å²) in [5, 5.41) is 12.8. The van der Waals surface area contributed by atoms with Crippen LogP contribution >= 0.6 is 0 Å². The molecule has 2 aromatic carbocycles. The van der Waals surface area contributed by atoms with Crippen LogP contribution < -0.4 is 14.4 Å². The lowest BCUT2D eigenvalue weighted by molar-refractivity contribution is 0.0906. The molecular formula is C25H31FN6O3. The van der Waals surface area contributed by atoms with Crippen LogP contribution in [0.5, 0.6) is 11.5 Å². The minimum Gasteiger partial charge on any atom is -0.497 e. The van der Waals surface area contributed by atoms with E-state index in [1.165, 1.54) is 12.1 Å². The van der Waals surface area contributed by atoms with Crippen molar-refractivity contribution in [3.63, 3.8) is 0 Å². The molecule has 0 unspecified atom stereocenters. The Hall–Kier alpha value is -3.24. The molecule has 0 amide bonds. The Kier molecular flexibility index (Phi) is 7.10. The summed E-state index contributed by atoms with van der Waals surface area (Å²) in [4.78, 5) is 4.65. The van der Waals surface area contributed by atoms with Gasteiger partial charge in [0.25, 0.3) is 0 Å². The second-order valence-corrected chi connectivity index (χ2v) is 8.86. The van der Waals surface area contributed by atoms with Crippen molar-refractivity contribution in [2.75, 3.05) is 51.9 Å². The highest BCUT2D eigenvalue weighted by Gasteiger charge is 2.33. The molecule has 2 fully saturated rings. The van der Waals surface area contributed by atoms with Crippen molar-refractivity contribution in [3.8, 4) is 11.5 Å². The smallest absolute Gasteiger partial charge is 0.173 e. The Labute approximate surface area is 204 Å². The van der Waals surface area contributed by atoms with Crippen molar-refractivity contribution >= 4 is 5.69 Å². The first kappa shape index (κ1) is 23.5. The molecule has 35 heavy (non-hydrogen) atoms. The summed E-state index contributed by atoms with van der Waals surface area (Å²) in [6.07, 6.45) is 2.18. The summed E-state index contributed by atoms with van der Waals surface area (Å²) in [6.45, 7) is 4.56. The monoisotopic (exact) mass is 482 g/mol. The van der Waals surface area contributed by atoms with Gasteiger partial charge in [0.15, 0.2) is 5.82 Å². The van der Waals surface area contributed by atoms with Crippen LogP contribution in [0.25, 0.3) is 0 Å². The van der Waals surface area contributed by atoms with Gasteiger partial charge in [0, 0.05) is 50.1 Å². The molecule has 10 heteroatoms. The van der Waals surface area contributed by atoms with Crippen LogP contribution in [0.4, 0.5) is 10.1 Å². The quantitative estimate of drug-likeness (QED) is 0.485. The minimum absolute atomic E-state index is 0.117. The Morgan fingerprint density at radius 1 is 1.06 bits per heavy atom. The number of piperazine rings is 1. The predicted molar refractivity (Wildman–Crippen MR) is 128 cm³/mol. The lowest BCUT2D eigenvalue weighted by Crippen LogP contribution is -2.48. The molecule has 0 saturated carbocycles. The zero-order chi connectivity index (χ0) is 24.2. The van der Waals surface area contributed by atoms with Crippen LogP contribution in [0.3, 0.4) is 0 Å². The molecule has 0 spiro atoms. The molecular weight excluding hydrogens is 451 g/mol. The van der Waals surface area contributed by atoms with E-state index < -0.39 is 0 Å². The molecule has 186 valence electrons. The zero-order valence-electron chi connectivity index (χ0n) is 20.1. The fourth-order valence-electron chi connectivity index (χ4n) is 4.95. The zero-order valence-corrected chi connectivity index (χ0v) is 20.1. The number of rotatable bonds is 8. The van der Waals surface area contributed by atoms with Gasteiger partial charge in [-0.05, 0) is 59.7 Å². The highest BCUT2D eigenvalue weighted by molar-refractivity contribution is 5.47. The third-order valence-electron chi connectivity index (χ3n) is 6.81. The van der Waals surface area contributed by atoms with Crippen molar-refractivity contribution in [1.82, 2.24) is 25.1 Å². The van der Waals surface area contributed by atoms with Gasteiger partial charge in [-0.25, -0.2) is 9.07 Å². The Morgan fingerprint density at radius 3 is 2.54 bits per heavy atom. The van der Waals surface area contributed by atoms with Crippen LogP contribution in [-0.2, 0) is 11.3 Å². The summed E-state index contributed by atoms with van der Waals surface area (Å²) in [7, 11) is 3.31. The van der Waals surface area contributed by atoms with Crippen LogP contribution in [0.15, 0.2) is 42.5 Å². The first-order valence-electron chi connectivity index (χ1n) is 12.0. The number of tetrazole rings is 1. The van der Waals surface area contributed by atoms with Crippen LogP contribution in [0.1, 0.15) is 30.3 Å². The molecule has 3 heterocycles. The van der Waals surface area contributed by atoms with E-state index in [0.29, 0.717) is 6.54 Å². The largest absolute Gasteiger partial charge is 0.497 e. The van der Waals surface area contributed by atoms with Crippen LogP contribution in [-0.4, -0.2) is 78.2 Å². The Morgan fingerprint density at radius 2 is 1.86 bits per heavy atom. The molecule has 3 aromatic rings. The Bertz CT molecular complexity index is 1110.